The van der Waals surface area contributed by atoms with Crippen molar-refractivity contribution in [1.82, 2.24) is 9.21 Å². The monoisotopic (exact) mass is 338 g/mol. The number of carbonyl (C=O) groups excluding carboxylic acids is 1. The van der Waals surface area contributed by atoms with Crippen molar-refractivity contribution in [2.24, 2.45) is 0 Å². The van der Waals surface area contributed by atoms with Gasteiger partial charge in [-0.15, -0.1) is 0 Å². The summed E-state index contributed by atoms with van der Waals surface area (Å²) in [5, 5.41) is 0. The van der Waals surface area contributed by atoms with Crippen molar-refractivity contribution < 1.29 is 13.2 Å². The summed E-state index contributed by atoms with van der Waals surface area (Å²) in [5.74, 6) is 0.109. The Labute approximate surface area is 139 Å². The standard InChI is InChI=1S/C17H26N2O3S/c1-3-18(2)17(20)12-9-15-7-10-16(11-8-15)23(21,22)19-13-5-4-6-14-19/h7-8,10-11H,3-6,9,12-14H2,1-2H3. The van der Waals surface area contributed by atoms with Gasteiger partial charge < -0.3 is 4.90 Å². The molecule has 1 aliphatic heterocycles. The molecule has 0 spiro atoms. The molecule has 0 atom stereocenters. The molecule has 1 aromatic carbocycles. The third-order valence-corrected chi connectivity index (χ3v) is 6.32. The maximum absolute atomic E-state index is 12.6. The maximum Gasteiger partial charge on any atom is 0.243 e. The van der Waals surface area contributed by atoms with Crippen LogP contribution in [0.3, 0.4) is 0 Å². The predicted molar refractivity (Wildman–Crippen MR) is 90.7 cm³/mol. The minimum absolute atomic E-state index is 0.109. The molecule has 23 heavy (non-hydrogen) atoms. The fourth-order valence-corrected chi connectivity index (χ4v) is 4.22. The molecular weight excluding hydrogens is 312 g/mol. The van der Waals surface area contributed by atoms with Crippen molar-refractivity contribution >= 4 is 15.9 Å². The number of aryl methyl sites for hydroxylation is 1. The molecule has 0 bridgehead atoms. The van der Waals surface area contributed by atoms with E-state index in [1.807, 2.05) is 19.1 Å². The Kier molecular flexibility index (Phi) is 6.18. The average molecular weight is 338 g/mol. The molecule has 128 valence electrons. The van der Waals surface area contributed by atoms with Crippen molar-refractivity contribution in [2.75, 3.05) is 26.7 Å². The van der Waals surface area contributed by atoms with Crippen LogP contribution in [-0.2, 0) is 21.2 Å². The number of rotatable bonds is 6. The van der Waals surface area contributed by atoms with Gasteiger partial charge in [0.25, 0.3) is 0 Å². The zero-order chi connectivity index (χ0) is 16.9. The molecule has 2 rings (SSSR count). The Morgan fingerprint density at radius 3 is 2.30 bits per heavy atom. The fourth-order valence-electron chi connectivity index (χ4n) is 2.70. The number of piperidine rings is 1. The first-order valence-electron chi connectivity index (χ1n) is 8.28. The first kappa shape index (κ1) is 17.9. The van der Waals surface area contributed by atoms with Crippen LogP contribution in [0.1, 0.15) is 38.2 Å². The molecule has 1 heterocycles. The number of benzene rings is 1. The molecule has 0 saturated carbocycles. The first-order valence-corrected chi connectivity index (χ1v) is 9.72. The largest absolute Gasteiger partial charge is 0.346 e. The Morgan fingerprint density at radius 1 is 1.13 bits per heavy atom. The van der Waals surface area contributed by atoms with E-state index in [2.05, 4.69) is 0 Å². The third-order valence-electron chi connectivity index (χ3n) is 4.40. The number of carbonyl (C=O) groups is 1. The van der Waals surface area contributed by atoms with Crippen LogP contribution in [0.4, 0.5) is 0 Å². The molecule has 1 saturated heterocycles. The lowest BCUT2D eigenvalue weighted by molar-refractivity contribution is -0.129. The molecule has 1 amide bonds. The van der Waals surface area contributed by atoms with Crippen molar-refractivity contribution in [3.63, 3.8) is 0 Å². The number of amides is 1. The second-order valence-corrected chi connectivity index (χ2v) is 7.95. The lowest BCUT2D eigenvalue weighted by Gasteiger charge is -2.25. The van der Waals surface area contributed by atoms with Crippen molar-refractivity contribution in [2.45, 2.75) is 43.9 Å². The van der Waals surface area contributed by atoms with Crippen molar-refractivity contribution in [1.29, 1.82) is 0 Å². The minimum atomic E-state index is -3.37. The van der Waals surface area contributed by atoms with E-state index in [4.69, 9.17) is 0 Å². The minimum Gasteiger partial charge on any atom is -0.346 e. The molecular formula is C17H26N2O3S. The zero-order valence-corrected chi connectivity index (χ0v) is 14.8. The smallest absolute Gasteiger partial charge is 0.243 e. The first-order chi connectivity index (χ1) is 10.9. The second-order valence-electron chi connectivity index (χ2n) is 6.02. The van der Waals surface area contributed by atoms with E-state index in [0.717, 1.165) is 24.8 Å². The molecule has 5 nitrogen and oxygen atoms in total. The summed E-state index contributed by atoms with van der Waals surface area (Å²) in [7, 11) is -1.58. The number of sulfonamides is 1. The van der Waals surface area contributed by atoms with E-state index in [0.29, 0.717) is 37.4 Å². The highest BCUT2D eigenvalue weighted by molar-refractivity contribution is 7.89. The Hall–Kier alpha value is -1.40. The van der Waals surface area contributed by atoms with E-state index in [1.165, 1.54) is 0 Å². The highest BCUT2D eigenvalue weighted by atomic mass is 32.2. The van der Waals surface area contributed by atoms with Gasteiger partial charge in [0, 0.05) is 33.1 Å². The fraction of sp³-hybridized carbons (Fsp3) is 0.588. The molecule has 0 unspecified atom stereocenters. The van der Waals surface area contributed by atoms with Gasteiger partial charge >= 0.3 is 0 Å². The quantitative estimate of drug-likeness (QED) is 0.799. The molecule has 0 radical (unpaired) electrons. The molecule has 0 aromatic heterocycles. The second kappa shape index (κ2) is 7.93. The molecule has 1 fully saturated rings. The van der Waals surface area contributed by atoms with Crippen LogP contribution >= 0.6 is 0 Å². The van der Waals surface area contributed by atoms with Crippen molar-refractivity contribution in [3.05, 3.63) is 29.8 Å². The highest BCUT2D eigenvalue weighted by Crippen LogP contribution is 2.21. The Balaban J connectivity index is 2.00. The van der Waals surface area contributed by atoms with Crippen LogP contribution in [0.15, 0.2) is 29.2 Å². The van der Waals surface area contributed by atoms with Gasteiger partial charge in [0.15, 0.2) is 0 Å². The van der Waals surface area contributed by atoms with Gasteiger partial charge in [0.2, 0.25) is 15.9 Å². The lowest BCUT2D eigenvalue weighted by atomic mass is 10.1. The maximum atomic E-state index is 12.6. The average Bonchev–Trinajstić information content (AvgIpc) is 2.60. The summed E-state index contributed by atoms with van der Waals surface area (Å²) in [4.78, 5) is 13.8. The van der Waals surface area contributed by atoms with E-state index in [1.54, 1.807) is 28.4 Å². The van der Waals surface area contributed by atoms with Gasteiger partial charge in [0.1, 0.15) is 0 Å². The molecule has 0 aliphatic carbocycles. The van der Waals surface area contributed by atoms with E-state index < -0.39 is 10.0 Å². The van der Waals surface area contributed by atoms with E-state index >= 15 is 0 Å². The summed E-state index contributed by atoms with van der Waals surface area (Å²) >= 11 is 0. The Bertz CT molecular complexity index is 620. The number of nitrogens with zero attached hydrogens (tertiary/aromatic N) is 2. The molecule has 1 aliphatic rings. The summed E-state index contributed by atoms with van der Waals surface area (Å²) in [6.07, 6.45) is 4.05. The van der Waals surface area contributed by atoms with Gasteiger partial charge in [-0.1, -0.05) is 18.6 Å². The van der Waals surface area contributed by atoms with Crippen LogP contribution in [0.2, 0.25) is 0 Å². The van der Waals surface area contributed by atoms with E-state index in [-0.39, 0.29) is 5.91 Å². The molecule has 6 heteroatoms. The summed E-state index contributed by atoms with van der Waals surface area (Å²) < 4.78 is 26.7. The van der Waals surface area contributed by atoms with Gasteiger partial charge in [-0.3, -0.25) is 4.79 Å². The van der Waals surface area contributed by atoms with Gasteiger partial charge in [0.05, 0.1) is 4.90 Å². The number of hydrogen-bond acceptors (Lipinski definition) is 3. The zero-order valence-electron chi connectivity index (χ0n) is 14.0. The highest BCUT2D eigenvalue weighted by Gasteiger charge is 2.25. The van der Waals surface area contributed by atoms with Crippen LogP contribution in [0.25, 0.3) is 0 Å². The summed E-state index contributed by atoms with van der Waals surface area (Å²) in [6.45, 7) is 3.87. The van der Waals surface area contributed by atoms with Crippen LogP contribution in [-0.4, -0.2) is 50.2 Å². The molecule has 0 N–H and O–H groups in total. The summed E-state index contributed by atoms with van der Waals surface area (Å²) in [5.41, 5.74) is 0.987. The summed E-state index contributed by atoms with van der Waals surface area (Å²) in [6, 6.07) is 6.95. The van der Waals surface area contributed by atoms with Crippen molar-refractivity contribution in [3.8, 4) is 0 Å². The SMILES string of the molecule is CCN(C)C(=O)CCc1ccc(S(=O)(=O)N2CCCCC2)cc1. The lowest BCUT2D eigenvalue weighted by Crippen LogP contribution is -2.35. The van der Waals surface area contributed by atoms with E-state index in [9.17, 15) is 13.2 Å². The Morgan fingerprint density at radius 2 is 1.74 bits per heavy atom. The van der Waals surface area contributed by atoms with Crippen LogP contribution < -0.4 is 0 Å². The third kappa shape index (κ3) is 4.54. The number of hydrogen-bond donors (Lipinski definition) is 0. The topological polar surface area (TPSA) is 57.7 Å². The molecule has 1 aromatic rings. The predicted octanol–water partition coefficient (Wildman–Crippen LogP) is 2.27. The van der Waals surface area contributed by atoms with Gasteiger partial charge in [-0.25, -0.2) is 8.42 Å². The van der Waals surface area contributed by atoms with Gasteiger partial charge in [-0.05, 0) is 43.9 Å². The normalized spacial score (nSPS) is 16.3. The van der Waals surface area contributed by atoms with Crippen LogP contribution in [0.5, 0.6) is 0 Å². The van der Waals surface area contributed by atoms with Crippen LogP contribution in [0, 0.1) is 0 Å². The van der Waals surface area contributed by atoms with Gasteiger partial charge in [-0.2, -0.15) is 4.31 Å².